The molecule has 0 amide bonds. The van der Waals surface area contributed by atoms with E-state index >= 15 is 0 Å². The maximum atomic E-state index is 9.32. The van der Waals surface area contributed by atoms with Gasteiger partial charge in [0.25, 0.3) is 0 Å². The Morgan fingerprint density at radius 1 is 1.17 bits per heavy atom. The van der Waals surface area contributed by atoms with Crippen LogP contribution in [0.1, 0.15) is 44.9 Å². The predicted molar refractivity (Wildman–Crippen MR) is 77.9 cm³/mol. The van der Waals surface area contributed by atoms with Gasteiger partial charge in [-0.15, -0.1) is 0 Å². The van der Waals surface area contributed by atoms with Crippen LogP contribution in [0.3, 0.4) is 0 Å². The Kier molecular flexibility index (Phi) is 4.21. The second kappa shape index (κ2) is 5.72. The molecule has 1 aliphatic heterocycles. The summed E-state index contributed by atoms with van der Waals surface area (Å²) >= 11 is 2.07. The molecule has 104 valence electrons. The molecule has 0 bridgehead atoms. The third kappa shape index (κ3) is 2.73. The van der Waals surface area contributed by atoms with E-state index in [4.69, 9.17) is 0 Å². The maximum Gasteiger partial charge on any atom is 0.0448 e. The number of fused-ring (bicyclic) bond motifs is 1. The summed E-state index contributed by atoms with van der Waals surface area (Å²) in [6, 6.07) is 0. The van der Waals surface area contributed by atoms with Gasteiger partial charge in [-0.25, -0.2) is 0 Å². The molecule has 0 aromatic heterocycles. The minimum atomic E-state index is 0.253. The Bertz CT molecular complexity index is 260. The van der Waals surface area contributed by atoms with Crippen molar-refractivity contribution in [2.24, 2.45) is 17.8 Å². The largest absolute Gasteiger partial charge is 0.396 e. The molecule has 2 N–H and O–H groups in total. The van der Waals surface area contributed by atoms with Crippen LogP contribution in [-0.2, 0) is 0 Å². The van der Waals surface area contributed by atoms with Crippen molar-refractivity contribution in [1.82, 2.24) is 5.32 Å². The topological polar surface area (TPSA) is 32.3 Å². The lowest BCUT2D eigenvalue weighted by atomic mass is 9.91. The van der Waals surface area contributed by atoms with E-state index in [9.17, 15) is 5.11 Å². The predicted octanol–water partition coefficient (Wildman–Crippen LogP) is 2.66. The molecule has 2 aliphatic carbocycles. The monoisotopic (exact) mass is 269 g/mol. The van der Waals surface area contributed by atoms with E-state index in [1.54, 1.807) is 0 Å². The van der Waals surface area contributed by atoms with Crippen LogP contribution in [0.5, 0.6) is 0 Å². The lowest BCUT2D eigenvalue weighted by Crippen LogP contribution is -2.50. The number of hydrogen-bond donors (Lipinski definition) is 2. The van der Waals surface area contributed by atoms with E-state index in [1.165, 1.54) is 56.6 Å². The van der Waals surface area contributed by atoms with Crippen LogP contribution in [0.2, 0.25) is 0 Å². The van der Waals surface area contributed by atoms with E-state index in [0.717, 1.165) is 24.2 Å². The molecule has 3 rings (SSSR count). The van der Waals surface area contributed by atoms with E-state index < -0.39 is 0 Å². The van der Waals surface area contributed by atoms with Crippen LogP contribution >= 0.6 is 11.8 Å². The lowest BCUT2D eigenvalue weighted by Gasteiger charge is -2.38. The highest BCUT2D eigenvalue weighted by atomic mass is 32.2. The fraction of sp³-hybridized carbons (Fsp3) is 1.00. The minimum absolute atomic E-state index is 0.253. The maximum absolute atomic E-state index is 9.32. The molecule has 3 unspecified atom stereocenters. The van der Waals surface area contributed by atoms with E-state index in [0.29, 0.717) is 6.61 Å². The van der Waals surface area contributed by atoms with Crippen LogP contribution < -0.4 is 5.32 Å². The first-order valence-electron chi connectivity index (χ1n) is 7.78. The van der Waals surface area contributed by atoms with Crippen LogP contribution in [0.15, 0.2) is 0 Å². The van der Waals surface area contributed by atoms with Gasteiger partial charge in [0, 0.05) is 17.9 Å². The molecule has 0 aromatic carbocycles. The fourth-order valence-corrected chi connectivity index (χ4v) is 5.54. The van der Waals surface area contributed by atoms with Gasteiger partial charge in [0.05, 0.1) is 0 Å². The van der Waals surface area contributed by atoms with Crippen molar-refractivity contribution in [1.29, 1.82) is 0 Å². The highest BCUT2D eigenvalue weighted by molar-refractivity contribution is 7.99. The van der Waals surface area contributed by atoms with Gasteiger partial charge >= 0.3 is 0 Å². The molecule has 0 spiro atoms. The summed E-state index contributed by atoms with van der Waals surface area (Å²) in [7, 11) is 0. The number of nitrogens with one attached hydrogen (secondary N) is 1. The van der Waals surface area contributed by atoms with Crippen molar-refractivity contribution < 1.29 is 5.11 Å². The molecule has 18 heavy (non-hydrogen) atoms. The molecule has 3 fully saturated rings. The average molecular weight is 269 g/mol. The third-order valence-corrected chi connectivity index (χ3v) is 6.79. The summed E-state index contributed by atoms with van der Waals surface area (Å²) in [5.41, 5.74) is 0.253. The number of hydrogen-bond acceptors (Lipinski definition) is 3. The minimum Gasteiger partial charge on any atom is -0.396 e. The number of rotatable bonds is 5. The summed E-state index contributed by atoms with van der Waals surface area (Å²) in [6.07, 6.45) is 9.43. The van der Waals surface area contributed by atoms with Crippen LogP contribution in [0.4, 0.5) is 0 Å². The Morgan fingerprint density at radius 3 is 2.56 bits per heavy atom. The zero-order valence-electron chi connectivity index (χ0n) is 11.4. The van der Waals surface area contributed by atoms with Crippen LogP contribution in [0.25, 0.3) is 0 Å². The Balaban J connectivity index is 1.50. The molecular weight excluding hydrogens is 242 g/mol. The molecule has 0 aromatic rings. The summed E-state index contributed by atoms with van der Waals surface area (Å²) in [5, 5.41) is 13.2. The molecule has 1 saturated heterocycles. The molecule has 2 saturated carbocycles. The Hall–Kier alpha value is 0.270. The van der Waals surface area contributed by atoms with Gasteiger partial charge in [-0.2, -0.15) is 11.8 Å². The van der Waals surface area contributed by atoms with E-state index in [1.807, 2.05) is 0 Å². The smallest absolute Gasteiger partial charge is 0.0448 e. The van der Waals surface area contributed by atoms with Gasteiger partial charge in [0.15, 0.2) is 0 Å². The van der Waals surface area contributed by atoms with Gasteiger partial charge in [0.2, 0.25) is 0 Å². The quantitative estimate of drug-likeness (QED) is 0.805. The van der Waals surface area contributed by atoms with Crippen molar-refractivity contribution in [2.75, 3.05) is 24.7 Å². The second-order valence-corrected chi connectivity index (χ2v) is 7.67. The first kappa shape index (κ1) is 13.3. The Labute approximate surface area is 115 Å². The molecular formula is C15H27NOS. The van der Waals surface area contributed by atoms with E-state index in [-0.39, 0.29) is 5.54 Å². The molecule has 3 heteroatoms. The van der Waals surface area contributed by atoms with Crippen molar-refractivity contribution in [3.05, 3.63) is 0 Å². The number of aliphatic hydroxyl groups excluding tert-OH is 1. The number of thioether (sulfide) groups is 1. The van der Waals surface area contributed by atoms with Crippen LogP contribution in [-0.4, -0.2) is 35.3 Å². The van der Waals surface area contributed by atoms with Gasteiger partial charge in [-0.3, -0.25) is 0 Å². The van der Waals surface area contributed by atoms with Gasteiger partial charge < -0.3 is 10.4 Å². The molecule has 0 radical (unpaired) electrons. The third-order valence-electron chi connectivity index (χ3n) is 5.46. The zero-order chi connectivity index (χ0) is 12.4. The van der Waals surface area contributed by atoms with Gasteiger partial charge in [0.1, 0.15) is 0 Å². The van der Waals surface area contributed by atoms with Crippen LogP contribution in [0, 0.1) is 17.8 Å². The molecule has 1 heterocycles. The lowest BCUT2D eigenvalue weighted by molar-refractivity contribution is 0.209. The first-order valence-corrected chi connectivity index (χ1v) is 8.94. The summed E-state index contributed by atoms with van der Waals surface area (Å²) in [6.45, 7) is 1.56. The second-order valence-electron chi connectivity index (χ2n) is 6.57. The average Bonchev–Trinajstić information content (AvgIpc) is 3.11. The number of aliphatic hydroxyl groups is 1. The summed E-state index contributed by atoms with van der Waals surface area (Å²) < 4.78 is 0. The van der Waals surface area contributed by atoms with Crippen molar-refractivity contribution in [3.8, 4) is 0 Å². The fourth-order valence-electron chi connectivity index (χ4n) is 4.27. The van der Waals surface area contributed by atoms with E-state index in [2.05, 4.69) is 17.1 Å². The molecule has 3 aliphatic rings. The van der Waals surface area contributed by atoms with Gasteiger partial charge in [-0.05, 0) is 62.2 Å². The zero-order valence-corrected chi connectivity index (χ0v) is 12.2. The standard InChI is InChI=1S/C15H27NOS/c17-8-7-15(6-3-9-18-11-15)16-10-14-12-4-1-2-5-13(12)14/h12-14,16-17H,1-11H2. The first-order chi connectivity index (χ1) is 8.85. The SMILES string of the molecule is OCCC1(NCC2C3CCCCC32)CCCSC1. The highest BCUT2D eigenvalue weighted by Gasteiger charge is 2.50. The van der Waals surface area contributed by atoms with Crippen molar-refractivity contribution in [3.63, 3.8) is 0 Å². The van der Waals surface area contributed by atoms with Crippen molar-refractivity contribution in [2.45, 2.75) is 50.5 Å². The highest BCUT2D eigenvalue weighted by Crippen LogP contribution is 2.55. The summed E-state index contributed by atoms with van der Waals surface area (Å²) in [5.74, 6) is 5.58. The Morgan fingerprint density at radius 2 is 1.94 bits per heavy atom. The normalized spacial score (nSPS) is 43.5. The van der Waals surface area contributed by atoms with Crippen molar-refractivity contribution >= 4 is 11.8 Å². The molecule has 3 atom stereocenters. The van der Waals surface area contributed by atoms with Gasteiger partial charge in [-0.1, -0.05) is 12.8 Å². The molecule has 2 nitrogen and oxygen atoms in total. The summed E-state index contributed by atoms with van der Waals surface area (Å²) in [4.78, 5) is 0.